The summed E-state index contributed by atoms with van der Waals surface area (Å²) in [7, 11) is -7.21. The molecule has 0 radical (unpaired) electrons. The quantitative estimate of drug-likeness (QED) is 0.666. The van der Waals surface area contributed by atoms with Crippen LogP contribution in [0.3, 0.4) is 0 Å². The number of nitrogens with one attached hydrogen (secondary N) is 1. The monoisotopic (exact) mass is 429 g/mol. The molecule has 1 aliphatic heterocycles. The van der Waals surface area contributed by atoms with Crippen molar-refractivity contribution in [3.8, 4) is 0 Å². The van der Waals surface area contributed by atoms with E-state index in [9.17, 15) is 16.8 Å². The Kier molecular flexibility index (Phi) is 7.49. The molecule has 1 aromatic rings. The Morgan fingerprint density at radius 2 is 1.54 bits per heavy atom. The minimum absolute atomic E-state index is 0.00809. The van der Waals surface area contributed by atoms with Crippen LogP contribution in [0.1, 0.15) is 38.5 Å². The molecule has 0 atom stereocenters. The molecular formula is C19H31N3O4S2. The second-order valence-electron chi connectivity index (χ2n) is 7.54. The highest BCUT2D eigenvalue weighted by Crippen LogP contribution is 2.27. The third-order valence-electron chi connectivity index (χ3n) is 5.62. The number of benzene rings is 1. The molecule has 28 heavy (non-hydrogen) atoms. The van der Waals surface area contributed by atoms with Crippen molar-refractivity contribution in [2.45, 2.75) is 49.5 Å². The largest absolute Gasteiger partial charge is 0.314 e. The molecule has 3 rings (SSSR count). The van der Waals surface area contributed by atoms with E-state index in [0.717, 1.165) is 38.5 Å². The SMILES string of the molecule is O=S(=O)(CCN(C1CCCCCC1)S(=O)(=O)c1ccccc1)N1CCNCC1. The maximum absolute atomic E-state index is 13.3. The van der Waals surface area contributed by atoms with Crippen LogP contribution in [0.25, 0.3) is 0 Å². The highest BCUT2D eigenvalue weighted by molar-refractivity contribution is 7.90. The second-order valence-corrected chi connectivity index (χ2v) is 11.5. The Bertz CT molecular complexity index is 814. The average molecular weight is 430 g/mol. The number of piperazine rings is 1. The van der Waals surface area contributed by atoms with Crippen molar-refractivity contribution >= 4 is 20.0 Å². The third kappa shape index (κ3) is 5.33. The van der Waals surface area contributed by atoms with Crippen LogP contribution in [0.5, 0.6) is 0 Å². The van der Waals surface area contributed by atoms with Gasteiger partial charge in [-0.15, -0.1) is 0 Å². The van der Waals surface area contributed by atoms with Crippen LogP contribution >= 0.6 is 0 Å². The van der Waals surface area contributed by atoms with Crippen LogP contribution in [0.2, 0.25) is 0 Å². The van der Waals surface area contributed by atoms with Gasteiger partial charge in [0.05, 0.1) is 10.6 Å². The molecule has 1 saturated carbocycles. The van der Waals surface area contributed by atoms with Crippen molar-refractivity contribution in [3.63, 3.8) is 0 Å². The summed E-state index contributed by atoms with van der Waals surface area (Å²) in [6, 6.07) is 8.23. The van der Waals surface area contributed by atoms with Crippen molar-refractivity contribution in [2.75, 3.05) is 38.5 Å². The topological polar surface area (TPSA) is 86.8 Å². The lowest BCUT2D eigenvalue weighted by molar-refractivity contribution is 0.300. The number of rotatable bonds is 7. The number of sulfonamides is 2. The molecule has 0 unspecified atom stereocenters. The van der Waals surface area contributed by atoms with Gasteiger partial charge in [0, 0.05) is 38.8 Å². The zero-order valence-corrected chi connectivity index (χ0v) is 17.9. The molecule has 1 saturated heterocycles. The molecule has 2 aliphatic rings. The summed E-state index contributed by atoms with van der Waals surface area (Å²) in [5.41, 5.74) is 0. The summed E-state index contributed by atoms with van der Waals surface area (Å²) in [6.45, 7) is 2.16. The maximum atomic E-state index is 13.3. The molecular weight excluding hydrogens is 398 g/mol. The van der Waals surface area contributed by atoms with Gasteiger partial charge in [0.25, 0.3) is 0 Å². The molecule has 1 N–H and O–H groups in total. The molecule has 1 heterocycles. The van der Waals surface area contributed by atoms with E-state index in [1.54, 1.807) is 30.3 Å². The molecule has 0 bridgehead atoms. The van der Waals surface area contributed by atoms with Crippen molar-refractivity contribution < 1.29 is 16.8 Å². The Morgan fingerprint density at radius 1 is 0.929 bits per heavy atom. The first-order valence-corrected chi connectivity index (χ1v) is 13.2. The van der Waals surface area contributed by atoms with Crippen LogP contribution < -0.4 is 5.32 Å². The minimum Gasteiger partial charge on any atom is -0.314 e. The summed E-state index contributed by atoms with van der Waals surface area (Å²) in [6.07, 6.45) is 5.76. The van der Waals surface area contributed by atoms with Gasteiger partial charge in [-0.3, -0.25) is 0 Å². The summed E-state index contributed by atoms with van der Waals surface area (Å²) < 4.78 is 55.2. The van der Waals surface area contributed by atoms with Crippen molar-refractivity contribution in [3.05, 3.63) is 30.3 Å². The second kappa shape index (κ2) is 9.67. The highest BCUT2D eigenvalue weighted by atomic mass is 32.2. The summed E-state index contributed by atoms with van der Waals surface area (Å²) in [5.74, 6) is -0.171. The van der Waals surface area contributed by atoms with Crippen LogP contribution in [0.4, 0.5) is 0 Å². The molecule has 0 aromatic heterocycles. The summed E-state index contributed by atoms with van der Waals surface area (Å²) >= 11 is 0. The average Bonchev–Trinajstić information content (AvgIpc) is 2.99. The van der Waals surface area contributed by atoms with Gasteiger partial charge in [-0.1, -0.05) is 43.9 Å². The Labute approximate surface area is 169 Å². The molecule has 9 heteroatoms. The van der Waals surface area contributed by atoms with Crippen LogP contribution in [0, 0.1) is 0 Å². The van der Waals surface area contributed by atoms with E-state index >= 15 is 0 Å². The van der Waals surface area contributed by atoms with E-state index in [2.05, 4.69) is 5.32 Å². The van der Waals surface area contributed by atoms with E-state index in [1.165, 1.54) is 8.61 Å². The Morgan fingerprint density at radius 3 is 2.14 bits per heavy atom. The minimum atomic E-state index is -3.73. The van der Waals surface area contributed by atoms with Crippen LogP contribution in [-0.4, -0.2) is 70.0 Å². The molecule has 0 amide bonds. The van der Waals surface area contributed by atoms with E-state index in [0.29, 0.717) is 26.2 Å². The fourth-order valence-electron chi connectivity index (χ4n) is 4.03. The Balaban J connectivity index is 1.82. The normalized spacial score (nSPS) is 20.9. The van der Waals surface area contributed by atoms with Gasteiger partial charge in [0.2, 0.25) is 20.0 Å². The molecule has 7 nitrogen and oxygen atoms in total. The molecule has 158 valence electrons. The smallest absolute Gasteiger partial charge is 0.243 e. The predicted molar refractivity (Wildman–Crippen MR) is 110 cm³/mol. The number of nitrogens with zero attached hydrogens (tertiary/aromatic N) is 2. The molecule has 1 aromatic carbocycles. The van der Waals surface area contributed by atoms with E-state index in [-0.39, 0.29) is 23.2 Å². The fraction of sp³-hybridized carbons (Fsp3) is 0.684. The lowest BCUT2D eigenvalue weighted by Crippen LogP contribution is -2.49. The van der Waals surface area contributed by atoms with Gasteiger partial charge in [-0.25, -0.2) is 16.8 Å². The standard InChI is InChI=1S/C19H31N3O4S2/c23-27(24,21-14-12-20-13-15-21)17-16-22(18-8-4-1-2-5-9-18)28(25,26)19-10-6-3-7-11-19/h3,6-7,10-11,18,20H,1-2,4-5,8-9,12-17H2. The van der Waals surface area contributed by atoms with E-state index < -0.39 is 20.0 Å². The van der Waals surface area contributed by atoms with Gasteiger partial charge in [-0.2, -0.15) is 8.61 Å². The van der Waals surface area contributed by atoms with Gasteiger partial charge in [0.1, 0.15) is 0 Å². The maximum Gasteiger partial charge on any atom is 0.243 e. The van der Waals surface area contributed by atoms with Crippen LogP contribution in [-0.2, 0) is 20.0 Å². The zero-order valence-electron chi connectivity index (χ0n) is 16.3. The van der Waals surface area contributed by atoms with Gasteiger partial charge in [0.15, 0.2) is 0 Å². The first-order chi connectivity index (χ1) is 13.4. The Hall–Kier alpha value is -1.00. The third-order valence-corrected chi connectivity index (χ3v) is 9.44. The highest BCUT2D eigenvalue weighted by Gasteiger charge is 2.34. The van der Waals surface area contributed by atoms with Crippen LogP contribution in [0.15, 0.2) is 35.2 Å². The number of hydrogen-bond donors (Lipinski definition) is 1. The van der Waals surface area contributed by atoms with Gasteiger partial charge < -0.3 is 5.32 Å². The number of hydrogen-bond acceptors (Lipinski definition) is 5. The molecule has 0 spiro atoms. The van der Waals surface area contributed by atoms with Gasteiger partial charge >= 0.3 is 0 Å². The zero-order chi connectivity index (χ0) is 20.0. The molecule has 1 aliphatic carbocycles. The van der Waals surface area contributed by atoms with Crippen molar-refractivity contribution in [2.24, 2.45) is 0 Å². The fourth-order valence-corrected chi connectivity index (χ4v) is 7.28. The van der Waals surface area contributed by atoms with E-state index in [1.807, 2.05) is 0 Å². The van der Waals surface area contributed by atoms with Crippen molar-refractivity contribution in [1.82, 2.24) is 13.9 Å². The summed E-state index contributed by atoms with van der Waals surface area (Å²) in [4.78, 5) is 0.235. The summed E-state index contributed by atoms with van der Waals surface area (Å²) in [5, 5.41) is 3.14. The van der Waals surface area contributed by atoms with Gasteiger partial charge in [-0.05, 0) is 25.0 Å². The predicted octanol–water partition coefficient (Wildman–Crippen LogP) is 1.64. The van der Waals surface area contributed by atoms with Crippen molar-refractivity contribution in [1.29, 1.82) is 0 Å². The lowest BCUT2D eigenvalue weighted by Gasteiger charge is -2.32. The first kappa shape index (κ1) is 21.7. The van der Waals surface area contributed by atoms with E-state index in [4.69, 9.17) is 0 Å². The lowest BCUT2D eigenvalue weighted by atomic mass is 10.1. The molecule has 2 fully saturated rings. The first-order valence-electron chi connectivity index (χ1n) is 10.2.